The summed E-state index contributed by atoms with van der Waals surface area (Å²) in [6.07, 6.45) is -5.18. The Morgan fingerprint density at radius 2 is 2.09 bits per heavy atom. The van der Waals surface area contributed by atoms with Crippen LogP contribution in [-0.2, 0) is 17.7 Å². The molecule has 1 unspecified atom stereocenters. The van der Waals surface area contributed by atoms with Gasteiger partial charge >= 0.3 is 6.18 Å². The van der Waals surface area contributed by atoms with Gasteiger partial charge in [-0.3, -0.25) is 4.90 Å². The molecule has 2 aliphatic rings. The van der Waals surface area contributed by atoms with Crippen molar-refractivity contribution in [3.63, 3.8) is 0 Å². The molecule has 0 spiro atoms. The van der Waals surface area contributed by atoms with Crippen molar-refractivity contribution in [3.05, 3.63) is 29.3 Å². The first kappa shape index (κ1) is 15.6. The molecule has 0 bridgehead atoms. The van der Waals surface area contributed by atoms with Crippen LogP contribution in [0.1, 0.15) is 25.0 Å². The smallest absolute Gasteiger partial charge is 0.415 e. The third-order valence-corrected chi connectivity index (χ3v) is 4.08. The molecule has 0 aromatic heterocycles. The van der Waals surface area contributed by atoms with Gasteiger partial charge in [-0.15, -0.1) is 0 Å². The van der Waals surface area contributed by atoms with Crippen LogP contribution in [0.25, 0.3) is 0 Å². The number of alkyl halides is 3. The van der Waals surface area contributed by atoms with E-state index in [0.29, 0.717) is 13.1 Å². The van der Waals surface area contributed by atoms with Crippen LogP contribution in [0.5, 0.6) is 5.75 Å². The van der Waals surface area contributed by atoms with Gasteiger partial charge in [-0.2, -0.15) is 13.2 Å². The fraction of sp³-hybridized carbons (Fsp3) is 0.625. The van der Waals surface area contributed by atoms with E-state index in [4.69, 9.17) is 9.47 Å². The third-order valence-electron chi connectivity index (χ3n) is 4.08. The first-order valence-corrected chi connectivity index (χ1v) is 7.45. The molecule has 2 heterocycles. The average Bonchev–Trinajstić information content (AvgIpc) is 2.73. The first-order chi connectivity index (χ1) is 10.2. The highest BCUT2D eigenvalue weighted by atomic mass is 19.4. The van der Waals surface area contributed by atoms with Crippen molar-refractivity contribution in [2.45, 2.75) is 44.7 Å². The van der Waals surface area contributed by atoms with Gasteiger partial charge in [0, 0.05) is 31.6 Å². The summed E-state index contributed by atoms with van der Waals surface area (Å²) in [7, 11) is 0. The van der Waals surface area contributed by atoms with Gasteiger partial charge in [0.05, 0.1) is 6.61 Å². The Labute approximate surface area is 128 Å². The Morgan fingerprint density at radius 3 is 2.82 bits per heavy atom. The van der Waals surface area contributed by atoms with E-state index < -0.39 is 12.3 Å². The minimum atomic E-state index is -4.31. The molecular formula is C16H20F3NO2. The second-order valence-electron chi connectivity index (χ2n) is 6.58. The monoisotopic (exact) mass is 315 g/mol. The number of benzene rings is 1. The number of rotatable bonds is 2. The standard InChI is InChI=1S/C16H20F3NO2/c1-15(2)8-11-4-3-5-12(14(11)22-15)9-20-6-7-21-13(10-20)16(17,18)19/h3-5,13H,6-10H2,1-2H3. The lowest BCUT2D eigenvalue weighted by Gasteiger charge is -2.34. The number of halogens is 3. The van der Waals surface area contributed by atoms with E-state index in [2.05, 4.69) is 0 Å². The summed E-state index contributed by atoms with van der Waals surface area (Å²) in [5.41, 5.74) is 1.83. The molecule has 0 N–H and O–H groups in total. The number of para-hydroxylation sites is 1. The molecule has 22 heavy (non-hydrogen) atoms. The predicted molar refractivity (Wildman–Crippen MR) is 75.9 cm³/mol. The summed E-state index contributed by atoms with van der Waals surface area (Å²) in [5.74, 6) is 0.836. The molecule has 0 aliphatic carbocycles. The molecule has 0 saturated carbocycles. The van der Waals surface area contributed by atoms with Crippen LogP contribution in [0.4, 0.5) is 13.2 Å². The molecular weight excluding hydrogens is 295 g/mol. The van der Waals surface area contributed by atoms with Gasteiger partial charge in [0.25, 0.3) is 0 Å². The summed E-state index contributed by atoms with van der Waals surface area (Å²) in [5, 5.41) is 0. The molecule has 1 aromatic carbocycles. The number of morpholine rings is 1. The molecule has 1 atom stereocenters. The molecule has 122 valence electrons. The first-order valence-electron chi connectivity index (χ1n) is 7.45. The lowest BCUT2D eigenvalue weighted by atomic mass is 10.0. The van der Waals surface area contributed by atoms with E-state index >= 15 is 0 Å². The number of nitrogens with zero attached hydrogens (tertiary/aromatic N) is 1. The van der Waals surface area contributed by atoms with Crippen LogP contribution in [0.15, 0.2) is 18.2 Å². The van der Waals surface area contributed by atoms with Gasteiger partial charge in [-0.1, -0.05) is 18.2 Å². The molecule has 1 fully saturated rings. The zero-order valence-corrected chi connectivity index (χ0v) is 12.7. The van der Waals surface area contributed by atoms with Crippen LogP contribution in [0, 0.1) is 0 Å². The lowest BCUT2D eigenvalue weighted by molar-refractivity contribution is -0.237. The zero-order valence-electron chi connectivity index (χ0n) is 12.7. The quantitative estimate of drug-likeness (QED) is 0.837. The Bertz CT molecular complexity index is 557. The second kappa shape index (κ2) is 5.42. The van der Waals surface area contributed by atoms with Crippen molar-refractivity contribution >= 4 is 0 Å². The van der Waals surface area contributed by atoms with Crippen molar-refractivity contribution in [1.29, 1.82) is 0 Å². The van der Waals surface area contributed by atoms with Gasteiger partial charge in [0.15, 0.2) is 6.10 Å². The van der Waals surface area contributed by atoms with Crippen LogP contribution in [0.3, 0.4) is 0 Å². The average molecular weight is 315 g/mol. The summed E-state index contributed by atoms with van der Waals surface area (Å²) in [6, 6.07) is 5.89. The van der Waals surface area contributed by atoms with E-state index in [9.17, 15) is 13.2 Å². The van der Waals surface area contributed by atoms with Crippen LogP contribution >= 0.6 is 0 Å². The van der Waals surface area contributed by atoms with Crippen molar-refractivity contribution in [2.24, 2.45) is 0 Å². The molecule has 3 nitrogen and oxygen atoms in total. The lowest BCUT2D eigenvalue weighted by Crippen LogP contribution is -2.48. The minimum absolute atomic E-state index is 0.103. The van der Waals surface area contributed by atoms with Crippen molar-refractivity contribution in [2.75, 3.05) is 19.7 Å². The molecule has 0 radical (unpaired) electrons. The fourth-order valence-electron chi connectivity index (χ4n) is 3.09. The molecule has 2 aliphatic heterocycles. The second-order valence-corrected chi connectivity index (χ2v) is 6.58. The van der Waals surface area contributed by atoms with Gasteiger partial charge in [0.2, 0.25) is 0 Å². The zero-order chi connectivity index (χ0) is 16.0. The van der Waals surface area contributed by atoms with Crippen molar-refractivity contribution in [1.82, 2.24) is 4.90 Å². The van der Waals surface area contributed by atoms with Gasteiger partial charge in [0.1, 0.15) is 11.4 Å². The summed E-state index contributed by atoms with van der Waals surface area (Å²) in [6.45, 7) is 4.97. The van der Waals surface area contributed by atoms with Crippen molar-refractivity contribution < 1.29 is 22.6 Å². The van der Waals surface area contributed by atoms with Gasteiger partial charge in [-0.25, -0.2) is 0 Å². The highest BCUT2D eigenvalue weighted by molar-refractivity contribution is 5.45. The highest BCUT2D eigenvalue weighted by Gasteiger charge is 2.43. The van der Waals surface area contributed by atoms with Crippen LogP contribution < -0.4 is 4.74 Å². The Kier molecular flexibility index (Phi) is 3.85. The Balaban J connectivity index is 1.74. The summed E-state index contributed by atoms with van der Waals surface area (Å²) >= 11 is 0. The van der Waals surface area contributed by atoms with E-state index in [-0.39, 0.29) is 18.8 Å². The van der Waals surface area contributed by atoms with Crippen molar-refractivity contribution in [3.8, 4) is 5.75 Å². The topological polar surface area (TPSA) is 21.7 Å². The minimum Gasteiger partial charge on any atom is -0.487 e. The molecule has 3 rings (SSSR count). The largest absolute Gasteiger partial charge is 0.487 e. The molecule has 1 aromatic rings. The van der Waals surface area contributed by atoms with Gasteiger partial charge in [-0.05, 0) is 19.4 Å². The fourth-order valence-corrected chi connectivity index (χ4v) is 3.09. The molecule has 0 amide bonds. The summed E-state index contributed by atoms with van der Waals surface area (Å²) < 4.78 is 49.2. The van der Waals surface area contributed by atoms with Crippen LogP contribution in [0.2, 0.25) is 0 Å². The normalized spacial score (nSPS) is 24.9. The maximum Gasteiger partial charge on any atom is 0.415 e. The SMILES string of the molecule is CC1(C)Cc2cccc(CN3CCOC(C(F)(F)F)C3)c2O1. The predicted octanol–water partition coefficient (Wildman–Crippen LogP) is 3.16. The van der Waals surface area contributed by atoms with E-state index in [1.54, 1.807) is 4.90 Å². The third kappa shape index (κ3) is 3.22. The Hall–Kier alpha value is -1.27. The van der Waals surface area contributed by atoms with E-state index in [1.165, 1.54) is 0 Å². The van der Waals surface area contributed by atoms with E-state index in [1.807, 2.05) is 32.0 Å². The summed E-state index contributed by atoms with van der Waals surface area (Å²) in [4.78, 5) is 1.78. The molecule has 6 heteroatoms. The number of ether oxygens (including phenoxy) is 2. The van der Waals surface area contributed by atoms with Gasteiger partial charge < -0.3 is 9.47 Å². The number of fused-ring (bicyclic) bond motifs is 1. The van der Waals surface area contributed by atoms with E-state index in [0.717, 1.165) is 23.3 Å². The number of hydrogen-bond donors (Lipinski definition) is 0. The maximum atomic E-state index is 12.8. The Morgan fingerprint density at radius 1 is 1.32 bits per heavy atom. The maximum absolute atomic E-state index is 12.8. The highest BCUT2D eigenvalue weighted by Crippen LogP contribution is 2.38. The molecule has 1 saturated heterocycles. The van der Waals surface area contributed by atoms with Crippen LogP contribution in [-0.4, -0.2) is 42.5 Å². The number of hydrogen-bond acceptors (Lipinski definition) is 3.